The second-order valence-corrected chi connectivity index (χ2v) is 8.15. The van der Waals surface area contributed by atoms with Crippen LogP contribution in [0.25, 0.3) is 0 Å². The number of nitrogens with one attached hydrogen (secondary N) is 1. The number of phenolic OH excluding ortho intramolecular Hbond substituents is 1. The molecule has 0 unspecified atom stereocenters. The lowest BCUT2D eigenvalue weighted by molar-refractivity contribution is 0.302. The Morgan fingerprint density at radius 2 is 1.57 bits per heavy atom. The maximum Gasteiger partial charge on any atom is 0.132 e. The molecule has 1 aromatic carbocycles. The third kappa shape index (κ3) is 8.53. The molecule has 0 radical (unpaired) electrons. The van der Waals surface area contributed by atoms with Gasteiger partial charge in [-0.2, -0.15) is 0 Å². The van der Waals surface area contributed by atoms with E-state index in [-0.39, 0.29) is 5.75 Å². The molecule has 158 valence electrons. The van der Waals surface area contributed by atoms with E-state index in [2.05, 4.69) is 24.2 Å². The van der Waals surface area contributed by atoms with Crippen molar-refractivity contribution in [1.29, 1.82) is 0 Å². The fourth-order valence-corrected chi connectivity index (χ4v) is 3.65. The van der Waals surface area contributed by atoms with Gasteiger partial charge in [0, 0.05) is 12.1 Å². The molecule has 0 aliphatic carbocycles. The number of phenols is 1. The van der Waals surface area contributed by atoms with Gasteiger partial charge in [-0.3, -0.25) is 4.99 Å². The topological polar surface area (TPSA) is 53.8 Å². The van der Waals surface area contributed by atoms with E-state index in [0.717, 1.165) is 30.1 Å². The van der Waals surface area contributed by atoms with Crippen LogP contribution in [0.15, 0.2) is 23.2 Å². The van der Waals surface area contributed by atoms with Crippen LogP contribution in [-0.4, -0.2) is 30.1 Å². The van der Waals surface area contributed by atoms with Gasteiger partial charge < -0.3 is 15.2 Å². The molecule has 1 aliphatic rings. The Morgan fingerprint density at radius 3 is 2.11 bits per heavy atom. The lowest BCUT2D eigenvalue weighted by Crippen LogP contribution is -2.27. The van der Waals surface area contributed by atoms with Crippen LogP contribution in [0.1, 0.15) is 96.5 Å². The van der Waals surface area contributed by atoms with Crippen molar-refractivity contribution in [3.63, 3.8) is 0 Å². The second kappa shape index (κ2) is 13.5. The zero-order chi connectivity index (χ0) is 20.0. The number of rotatable bonds is 15. The first-order valence-corrected chi connectivity index (χ1v) is 11.5. The van der Waals surface area contributed by atoms with Crippen molar-refractivity contribution in [2.24, 2.45) is 4.99 Å². The molecular weight excluding hydrogens is 348 g/mol. The highest BCUT2D eigenvalue weighted by atomic mass is 16.5. The maximum atomic E-state index is 10.2. The fourth-order valence-electron chi connectivity index (χ4n) is 3.65. The second-order valence-electron chi connectivity index (χ2n) is 8.15. The minimum atomic E-state index is 0.229. The molecule has 1 aliphatic heterocycles. The molecule has 1 aromatic rings. The summed E-state index contributed by atoms with van der Waals surface area (Å²) in [5.74, 6) is 1.74. The molecule has 2 rings (SSSR count). The van der Waals surface area contributed by atoms with Gasteiger partial charge in [0.15, 0.2) is 0 Å². The highest BCUT2D eigenvalue weighted by Crippen LogP contribution is 2.25. The van der Waals surface area contributed by atoms with Crippen molar-refractivity contribution in [3.8, 4) is 11.5 Å². The zero-order valence-corrected chi connectivity index (χ0v) is 18.0. The van der Waals surface area contributed by atoms with E-state index in [1.807, 2.05) is 12.1 Å². The SMILES string of the molecule is CCCCCCCCCCCCCCOc1ccc(C2=NC[C@@H](C)N2)c(O)c1. The predicted octanol–water partition coefficient (Wildman–Crippen LogP) is 6.21. The van der Waals surface area contributed by atoms with E-state index in [9.17, 15) is 5.11 Å². The summed E-state index contributed by atoms with van der Waals surface area (Å²) >= 11 is 0. The first-order chi connectivity index (χ1) is 13.7. The Bertz CT molecular complexity index is 586. The monoisotopic (exact) mass is 388 g/mol. The van der Waals surface area contributed by atoms with Crippen LogP contribution in [0.3, 0.4) is 0 Å². The van der Waals surface area contributed by atoms with Gasteiger partial charge in [-0.15, -0.1) is 0 Å². The maximum absolute atomic E-state index is 10.2. The van der Waals surface area contributed by atoms with Crippen molar-refractivity contribution in [1.82, 2.24) is 5.32 Å². The number of amidine groups is 1. The Balaban J connectivity index is 1.48. The number of unbranched alkanes of at least 4 members (excludes halogenated alkanes) is 11. The van der Waals surface area contributed by atoms with Crippen molar-refractivity contribution in [2.45, 2.75) is 96.9 Å². The van der Waals surface area contributed by atoms with Crippen LogP contribution >= 0.6 is 0 Å². The summed E-state index contributed by atoms with van der Waals surface area (Å²) in [5.41, 5.74) is 0.752. The van der Waals surface area contributed by atoms with Crippen molar-refractivity contribution in [2.75, 3.05) is 13.2 Å². The molecule has 0 saturated heterocycles. The molecule has 0 fully saturated rings. The molecule has 0 bridgehead atoms. The van der Waals surface area contributed by atoms with E-state index >= 15 is 0 Å². The summed E-state index contributed by atoms with van der Waals surface area (Å²) in [7, 11) is 0. The van der Waals surface area contributed by atoms with E-state index in [4.69, 9.17) is 4.74 Å². The predicted molar refractivity (Wildman–Crippen MR) is 119 cm³/mol. The van der Waals surface area contributed by atoms with E-state index < -0.39 is 0 Å². The van der Waals surface area contributed by atoms with E-state index in [0.29, 0.717) is 12.6 Å². The Labute approximate surface area is 171 Å². The summed E-state index contributed by atoms with van der Waals surface area (Å²) in [6.07, 6.45) is 16.1. The number of benzene rings is 1. The van der Waals surface area contributed by atoms with Gasteiger partial charge in [-0.25, -0.2) is 0 Å². The molecule has 1 atom stereocenters. The number of ether oxygens (including phenoxy) is 1. The largest absolute Gasteiger partial charge is 0.507 e. The van der Waals surface area contributed by atoms with Gasteiger partial charge >= 0.3 is 0 Å². The molecule has 4 heteroatoms. The van der Waals surface area contributed by atoms with Crippen LogP contribution in [0.4, 0.5) is 0 Å². The fraction of sp³-hybridized carbons (Fsp3) is 0.708. The third-order valence-corrected chi connectivity index (χ3v) is 5.40. The van der Waals surface area contributed by atoms with Gasteiger partial charge in [0.25, 0.3) is 0 Å². The van der Waals surface area contributed by atoms with Crippen LogP contribution in [0.5, 0.6) is 11.5 Å². The first-order valence-electron chi connectivity index (χ1n) is 11.5. The van der Waals surface area contributed by atoms with Gasteiger partial charge in [0.05, 0.1) is 18.7 Å². The average Bonchev–Trinajstić information content (AvgIpc) is 3.11. The Hall–Kier alpha value is -1.71. The van der Waals surface area contributed by atoms with Crippen molar-refractivity contribution < 1.29 is 9.84 Å². The number of aliphatic imine (C=N–C) groups is 1. The summed E-state index contributed by atoms with van der Waals surface area (Å²) in [6.45, 7) is 5.83. The molecule has 0 spiro atoms. The van der Waals surface area contributed by atoms with Crippen molar-refractivity contribution in [3.05, 3.63) is 23.8 Å². The number of hydrogen-bond donors (Lipinski definition) is 2. The lowest BCUT2D eigenvalue weighted by atomic mass is 10.1. The van der Waals surface area contributed by atoms with E-state index in [1.54, 1.807) is 6.07 Å². The Morgan fingerprint density at radius 1 is 0.964 bits per heavy atom. The molecule has 0 aromatic heterocycles. The first kappa shape index (κ1) is 22.6. The van der Waals surface area contributed by atoms with Gasteiger partial charge in [-0.05, 0) is 25.5 Å². The highest BCUT2D eigenvalue weighted by molar-refractivity contribution is 6.02. The van der Waals surface area contributed by atoms with Crippen LogP contribution in [0, 0.1) is 0 Å². The van der Waals surface area contributed by atoms with Crippen LogP contribution < -0.4 is 10.1 Å². The number of nitrogens with zero attached hydrogens (tertiary/aromatic N) is 1. The van der Waals surface area contributed by atoms with Gasteiger partial charge in [-0.1, -0.05) is 77.6 Å². The average molecular weight is 389 g/mol. The minimum absolute atomic E-state index is 0.229. The zero-order valence-electron chi connectivity index (χ0n) is 18.0. The summed E-state index contributed by atoms with van der Waals surface area (Å²) in [5, 5.41) is 13.5. The van der Waals surface area contributed by atoms with Gasteiger partial charge in [0.2, 0.25) is 0 Å². The number of aromatic hydroxyl groups is 1. The van der Waals surface area contributed by atoms with Gasteiger partial charge in [0.1, 0.15) is 17.3 Å². The summed E-state index contributed by atoms with van der Waals surface area (Å²) in [4.78, 5) is 4.42. The molecular formula is C24H40N2O2. The summed E-state index contributed by atoms with van der Waals surface area (Å²) in [6, 6.07) is 5.83. The lowest BCUT2D eigenvalue weighted by Gasteiger charge is -2.11. The standard InChI is InChI=1S/C24H40N2O2/c1-3-4-5-6-7-8-9-10-11-12-13-14-17-28-21-15-16-22(23(27)18-21)24-25-19-20(2)26-24/h15-16,18,20,27H,3-14,17,19H2,1-2H3,(H,25,26)/t20-/m1/s1. The molecule has 0 saturated carbocycles. The summed E-state index contributed by atoms with van der Waals surface area (Å²) < 4.78 is 5.80. The van der Waals surface area contributed by atoms with E-state index in [1.165, 1.54) is 70.6 Å². The Kier molecular flexibility index (Phi) is 10.9. The molecule has 2 N–H and O–H groups in total. The quantitative estimate of drug-likeness (QED) is 0.351. The third-order valence-electron chi connectivity index (χ3n) is 5.40. The van der Waals surface area contributed by atoms with Crippen LogP contribution in [0.2, 0.25) is 0 Å². The van der Waals surface area contributed by atoms with Crippen LogP contribution in [-0.2, 0) is 0 Å². The minimum Gasteiger partial charge on any atom is -0.507 e. The molecule has 0 amide bonds. The normalized spacial score (nSPS) is 16.1. The molecule has 1 heterocycles. The van der Waals surface area contributed by atoms with Crippen molar-refractivity contribution >= 4 is 5.84 Å². The smallest absolute Gasteiger partial charge is 0.132 e. The number of hydrogen-bond acceptors (Lipinski definition) is 4. The molecule has 28 heavy (non-hydrogen) atoms. The highest BCUT2D eigenvalue weighted by Gasteiger charge is 2.17. The molecule has 4 nitrogen and oxygen atoms in total.